The van der Waals surface area contributed by atoms with Crippen molar-refractivity contribution in [3.8, 4) is 0 Å². The summed E-state index contributed by atoms with van der Waals surface area (Å²) in [6, 6.07) is -0.743. The van der Waals surface area contributed by atoms with E-state index in [-0.39, 0.29) is 53.7 Å². The molecular formula is C24H35BrN2O5S. The molecule has 7 nitrogen and oxygen atoms in total. The summed E-state index contributed by atoms with van der Waals surface area (Å²) in [6.07, 6.45) is 5.93. The minimum Gasteiger partial charge on any atom is -0.465 e. The van der Waals surface area contributed by atoms with E-state index in [0.717, 1.165) is 6.42 Å². The van der Waals surface area contributed by atoms with Gasteiger partial charge in [0, 0.05) is 35.8 Å². The second-order valence-corrected chi connectivity index (χ2v) is 12.0. The number of carbonyl (C=O) groups is 3. The SMILES string of the molecule is C=CCCCOC(=O)[C@H]1[C@H]2C(=O)N(CCCO)C(C(=O)N(CC=C)C(C)C)C23CC(Br)[C@@H]1S3. The Morgan fingerprint density at radius 2 is 2.09 bits per heavy atom. The van der Waals surface area contributed by atoms with Crippen LogP contribution in [0.4, 0.5) is 0 Å². The highest BCUT2D eigenvalue weighted by Crippen LogP contribution is 2.68. The third-order valence-electron chi connectivity index (χ3n) is 6.88. The summed E-state index contributed by atoms with van der Waals surface area (Å²) in [6.45, 7) is 12.2. The summed E-state index contributed by atoms with van der Waals surface area (Å²) < 4.78 is 4.89. The Kier molecular flexibility index (Phi) is 8.72. The largest absolute Gasteiger partial charge is 0.465 e. The van der Waals surface area contributed by atoms with E-state index in [0.29, 0.717) is 25.8 Å². The third kappa shape index (κ3) is 4.65. The average molecular weight is 544 g/mol. The molecule has 0 aromatic heterocycles. The molecule has 0 saturated carbocycles. The van der Waals surface area contributed by atoms with Crippen molar-refractivity contribution in [3.05, 3.63) is 25.3 Å². The van der Waals surface area contributed by atoms with Crippen molar-refractivity contribution in [1.82, 2.24) is 9.80 Å². The molecule has 3 aliphatic heterocycles. The number of allylic oxidation sites excluding steroid dienone is 1. The van der Waals surface area contributed by atoms with E-state index in [4.69, 9.17) is 4.74 Å². The van der Waals surface area contributed by atoms with Crippen molar-refractivity contribution in [2.24, 2.45) is 11.8 Å². The van der Waals surface area contributed by atoms with Gasteiger partial charge < -0.3 is 19.6 Å². The molecular weight excluding hydrogens is 508 g/mol. The predicted octanol–water partition coefficient (Wildman–Crippen LogP) is 2.77. The number of hydrogen-bond acceptors (Lipinski definition) is 6. The Morgan fingerprint density at radius 1 is 1.36 bits per heavy atom. The lowest BCUT2D eigenvalue weighted by atomic mass is 9.71. The van der Waals surface area contributed by atoms with Gasteiger partial charge in [0.2, 0.25) is 11.8 Å². The molecule has 3 fully saturated rings. The van der Waals surface area contributed by atoms with Gasteiger partial charge in [-0.15, -0.1) is 24.9 Å². The molecule has 3 heterocycles. The van der Waals surface area contributed by atoms with Crippen LogP contribution < -0.4 is 0 Å². The number of aliphatic hydroxyl groups is 1. The number of aliphatic hydroxyl groups excluding tert-OH is 1. The fourth-order valence-corrected chi connectivity index (χ4v) is 9.10. The van der Waals surface area contributed by atoms with E-state index < -0.39 is 22.6 Å². The number of fused-ring (bicyclic) bond motifs is 1. The summed E-state index contributed by atoms with van der Waals surface area (Å²) in [7, 11) is 0. The number of halogens is 1. The summed E-state index contributed by atoms with van der Waals surface area (Å²) in [5.41, 5.74) is 0. The van der Waals surface area contributed by atoms with E-state index in [1.807, 2.05) is 13.8 Å². The molecule has 184 valence electrons. The van der Waals surface area contributed by atoms with Crippen LogP contribution in [0.1, 0.15) is 39.5 Å². The first kappa shape index (κ1) is 26.3. The molecule has 0 aromatic rings. The van der Waals surface area contributed by atoms with E-state index in [1.54, 1.807) is 33.7 Å². The molecule has 3 rings (SSSR count). The molecule has 6 atom stereocenters. The van der Waals surface area contributed by atoms with Crippen molar-refractivity contribution in [3.63, 3.8) is 0 Å². The van der Waals surface area contributed by atoms with Gasteiger partial charge >= 0.3 is 5.97 Å². The molecule has 1 N–H and O–H groups in total. The summed E-state index contributed by atoms with van der Waals surface area (Å²) >= 11 is 5.34. The number of likely N-dealkylation sites (tertiary alicyclic amines) is 1. The van der Waals surface area contributed by atoms with Crippen LogP contribution in [-0.2, 0) is 19.1 Å². The average Bonchev–Trinajstić information content (AvgIpc) is 3.36. The van der Waals surface area contributed by atoms with Crippen molar-refractivity contribution >= 4 is 45.5 Å². The lowest BCUT2D eigenvalue weighted by Gasteiger charge is -2.39. The third-order valence-corrected chi connectivity index (χ3v) is 10.1. The van der Waals surface area contributed by atoms with Crippen LogP contribution in [0.15, 0.2) is 25.3 Å². The zero-order valence-electron chi connectivity index (χ0n) is 19.5. The molecule has 1 spiro atoms. The molecule has 3 unspecified atom stereocenters. The molecule has 2 amide bonds. The number of hydrogen-bond donors (Lipinski definition) is 1. The summed E-state index contributed by atoms with van der Waals surface area (Å²) in [4.78, 5) is 44.2. The maximum absolute atomic E-state index is 13.9. The molecule has 2 bridgehead atoms. The number of carbonyl (C=O) groups excluding carboxylic acids is 3. The van der Waals surface area contributed by atoms with Crippen LogP contribution >= 0.6 is 27.7 Å². The van der Waals surface area contributed by atoms with E-state index in [2.05, 4.69) is 29.1 Å². The van der Waals surface area contributed by atoms with Gasteiger partial charge in [0.15, 0.2) is 0 Å². The Labute approximate surface area is 209 Å². The van der Waals surface area contributed by atoms with Crippen LogP contribution in [-0.4, -0.2) is 85.9 Å². The molecule has 0 aromatic carbocycles. The quantitative estimate of drug-likeness (QED) is 0.176. The zero-order chi connectivity index (χ0) is 24.3. The van der Waals surface area contributed by atoms with Crippen LogP contribution in [0.25, 0.3) is 0 Å². The Hall–Kier alpha value is -1.32. The fraction of sp³-hybridized carbons (Fsp3) is 0.708. The predicted molar refractivity (Wildman–Crippen MR) is 133 cm³/mol. The number of thioether (sulfide) groups is 1. The van der Waals surface area contributed by atoms with Crippen LogP contribution in [0, 0.1) is 11.8 Å². The van der Waals surface area contributed by atoms with Crippen molar-refractivity contribution in [2.45, 2.75) is 66.4 Å². The molecule has 9 heteroatoms. The van der Waals surface area contributed by atoms with Crippen molar-refractivity contribution in [2.75, 3.05) is 26.3 Å². The highest BCUT2D eigenvalue weighted by atomic mass is 79.9. The molecule has 33 heavy (non-hydrogen) atoms. The lowest BCUT2D eigenvalue weighted by Crippen LogP contribution is -2.56. The number of esters is 1. The van der Waals surface area contributed by atoms with Gasteiger partial charge in [-0.3, -0.25) is 14.4 Å². The topological polar surface area (TPSA) is 87.1 Å². The van der Waals surface area contributed by atoms with Gasteiger partial charge in [-0.1, -0.05) is 28.1 Å². The van der Waals surface area contributed by atoms with Gasteiger partial charge in [0.1, 0.15) is 6.04 Å². The minimum atomic E-state index is -0.693. The number of alkyl halides is 1. The molecule has 0 aliphatic carbocycles. The van der Waals surface area contributed by atoms with E-state index in [1.165, 1.54) is 0 Å². The van der Waals surface area contributed by atoms with Gasteiger partial charge in [0.05, 0.1) is 23.2 Å². The van der Waals surface area contributed by atoms with Gasteiger partial charge in [-0.2, -0.15) is 0 Å². The molecule has 3 aliphatic rings. The smallest absolute Gasteiger partial charge is 0.310 e. The maximum atomic E-state index is 13.9. The summed E-state index contributed by atoms with van der Waals surface area (Å²) in [5, 5.41) is 9.32. The maximum Gasteiger partial charge on any atom is 0.310 e. The first-order valence-corrected chi connectivity index (χ1v) is 13.5. The van der Waals surface area contributed by atoms with Crippen LogP contribution in [0.5, 0.6) is 0 Å². The number of unbranched alkanes of at least 4 members (excludes halogenated alkanes) is 1. The monoisotopic (exact) mass is 542 g/mol. The van der Waals surface area contributed by atoms with Gasteiger partial charge in [-0.05, 0) is 39.5 Å². The van der Waals surface area contributed by atoms with Gasteiger partial charge in [-0.25, -0.2) is 0 Å². The molecule has 3 saturated heterocycles. The number of nitrogens with zero attached hydrogens (tertiary/aromatic N) is 2. The van der Waals surface area contributed by atoms with Gasteiger partial charge in [0.25, 0.3) is 0 Å². The zero-order valence-corrected chi connectivity index (χ0v) is 21.9. The van der Waals surface area contributed by atoms with Crippen molar-refractivity contribution < 1.29 is 24.2 Å². The Balaban J connectivity index is 1.96. The standard InChI is InChI=1S/C24H35BrN2O5S/c1-5-7-8-13-32-23(31)17-18-21(29)27(11-9-12-28)20(22(30)26(10-6-2)15(3)4)24(18)14-16(25)19(17)33-24/h5-6,15-20,28H,1-2,7-14H2,3-4H3/t16?,17-,18-,19-,20?,24?/m0/s1. The highest BCUT2D eigenvalue weighted by Gasteiger charge is 2.76. The van der Waals surface area contributed by atoms with E-state index in [9.17, 15) is 19.5 Å². The normalized spacial score (nSPS) is 32.2. The number of ether oxygens (including phenoxy) is 1. The van der Waals surface area contributed by atoms with Crippen molar-refractivity contribution in [1.29, 1.82) is 0 Å². The van der Waals surface area contributed by atoms with Crippen LogP contribution in [0.2, 0.25) is 0 Å². The fourth-order valence-electron chi connectivity index (χ4n) is 5.51. The number of amides is 2. The number of rotatable bonds is 12. The highest BCUT2D eigenvalue weighted by molar-refractivity contribution is 9.09. The Morgan fingerprint density at radius 3 is 2.70 bits per heavy atom. The first-order valence-electron chi connectivity index (χ1n) is 11.7. The minimum absolute atomic E-state index is 0.0114. The molecule has 0 radical (unpaired) electrons. The van der Waals surface area contributed by atoms with E-state index >= 15 is 0 Å². The summed E-state index contributed by atoms with van der Waals surface area (Å²) in [5.74, 6) is -1.84. The lowest BCUT2D eigenvalue weighted by molar-refractivity contribution is -0.154. The van der Waals surface area contributed by atoms with Crippen LogP contribution in [0.3, 0.4) is 0 Å². The second kappa shape index (κ2) is 11.0. The second-order valence-electron chi connectivity index (χ2n) is 9.24. The first-order chi connectivity index (χ1) is 15.7. The Bertz CT molecular complexity index is 793.